The second kappa shape index (κ2) is 6.59. The van der Waals surface area contributed by atoms with E-state index in [2.05, 4.69) is 9.97 Å². The van der Waals surface area contributed by atoms with Crippen LogP contribution in [0.4, 0.5) is 4.39 Å². The largest absolute Gasteiger partial charge is 0.356 e. The molecular formula is C19H20FN3OS. The molecule has 0 radical (unpaired) electrons. The number of halogens is 1. The third-order valence-corrected chi connectivity index (χ3v) is 5.87. The number of carbonyl (C=O) groups is 1. The van der Waals surface area contributed by atoms with Crippen LogP contribution in [0, 0.1) is 12.7 Å². The first-order valence-corrected chi connectivity index (χ1v) is 9.47. The van der Waals surface area contributed by atoms with Crippen molar-refractivity contribution in [1.82, 2.24) is 14.9 Å². The summed E-state index contributed by atoms with van der Waals surface area (Å²) in [6.45, 7) is 2.66. The van der Waals surface area contributed by atoms with Gasteiger partial charge in [-0.2, -0.15) is 0 Å². The van der Waals surface area contributed by atoms with E-state index in [-0.39, 0.29) is 24.2 Å². The molecule has 0 unspecified atom stereocenters. The molecule has 25 heavy (non-hydrogen) atoms. The zero-order chi connectivity index (χ0) is 17.4. The normalized spacial score (nSPS) is 18.0. The van der Waals surface area contributed by atoms with Crippen LogP contribution >= 0.6 is 11.3 Å². The van der Waals surface area contributed by atoms with Crippen LogP contribution in [0.2, 0.25) is 0 Å². The molecule has 1 aliphatic heterocycles. The van der Waals surface area contributed by atoms with E-state index < -0.39 is 0 Å². The number of nitrogens with one attached hydrogen (secondary N) is 1. The average Bonchev–Trinajstić information content (AvgIpc) is 3.25. The molecule has 6 heteroatoms. The summed E-state index contributed by atoms with van der Waals surface area (Å²) in [6.07, 6.45) is 5.18. The van der Waals surface area contributed by atoms with Crippen LogP contribution in [0.15, 0.2) is 29.8 Å². The van der Waals surface area contributed by atoms with Crippen molar-refractivity contribution >= 4 is 28.1 Å². The Morgan fingerprint density at radius 3 is 3.12 bits per heavy atom. The van der Waals surface area contributed by atoms with Gasteiger partial charge in [0.25, 0.3) is 0 Å². The highest BCUT2D eigenvalue weighted by Gasteiger charge is 2.30. The van der Waals surface area contributed by atoms with Crippen molar-refractivity contribution in [2.45, 2.75) is 38.6 Å². The van der Waals surface area contributed by atoms with Gasteiger partial charge in [-0.1, -0.05) is 12.1 Å². The number of amides is 1. The monoisotopic (exact) mass is 357 g/mol. The van der Waals surface area contributed by atoms with Gasteiger partial charge >= 0.3 is 0 Å². The Kier molecular flexibility index (Phi) is 4.29. The Labute approximate surface area is 149 Å². The van der Waals surface area contributed by atoms with Gasteiger partial charge in [0.1, 0.15) is 10.8 Å². The van der Waals surface area contributed by atoms with Crippen LogP contribution in [-0.4, -0.2) is 27.3 Å². The third-order valence-electron chi connectivity index (χ3n) is 4.99. The molecule has 3 aromatic rings. The Balaban J connectivity index is 1.63. The lowest BCUT2D eigenvalue weighted by Gasteiger charge is -2.34. The number of aromatic amines is 1. The van der Waals surface area contributed by atoms with Gasteiger partial charge in [-0.15, -0.1) is 11.3 Å². The van der Waals surface area contributed by atoms with Crippen LogP contribution in [-0.2, 0) is 11.2 Å². The first kappa shape index (κ1) is 16.3. The van der Waals surface area contributed by atoms with Crippen LogP contribution in [0.5, 0.6) is 0 Å². The summed E-state index contributed by atoms with van der Waals surface area (Å²) in [4.78, 5) is 22.5. The van der Waals surface area contributed by atoms with Crippen LogP contribution in [0.3, 0.4) is 0 Å². The summed E-state index contributed by atoms with van der Waals surface area (Å²) in [5.41, 5.74) is 2.23. The molecule has 4 rings (SSSR count). The average molecular weight is 357 g/mol. The Morgan fingerprint density at radius 1 is 1.44 bits per heavy atom. The zero-order valence-electron chi connectivity index (χ0n) is 14.1. The highest BCUT2D eigenvalue weighted by atomic mass is 32.1. The molecule has 4 nitrogen and oxygen atoms in total. The molecular weight excluding hydrogens is 337 g/mol. The molecule has 3 heterocycles. The third kappa shape index (κ3) is 2.95. The van der Waals surface area contributed by atoms with Crippen molar-refractivity contribution in [3.05, 3.63) is 51.9 Å². The Hall–Kier alpha value is -2.21. The number of hydrogen-bond acceptors (Lipinski definition) is 3. The fraction of sp³-hybridized carbons (Fsp3) is 0.368. The van der Waals surface area contributed by atoms with Gasteiger partial charge in [-0.3, -0.25) is 4.79 Å². The number of piperidine rings is 1. The number of aromatic nitrogens is 2. The first-order valence-electron chi connectivity index (χ1n) is 8.59. The topological polar surface area (TPSA) is 49.0 Å². The molecule has 1 saturated heterocycles. The minimum absolute atomic E-state index is 0.0727. The number of carbonyl (C=O) groups excluding carboxylic acids is 1. The first-order chi connectivity index (χ1) is 12.1. The summed E-state index contributed by atoms with van der Waals surface area (Å²) in [5, 5.41) is 3.77. The van der Waals surface area contributed by atoms with Gasteiger partial charge in [-0.25, -0.2) is 9.37 Å². The quantitative estimate of drug-likeness (QED) is 0.757. The van der Waals surface area contributed by atoms with E-state index in [4.69, 9.17) is 0 Å². The van der Waals surface area contributed by atoms with Crippen molar-refractivity contribution in [2.75, 3.05) is 6.54 Å². The summed E-state index contributed by atoms with van der Waals surface area (Å²) in [7, 11) is 0. The van der Waals surface area contributed by atoms with Crippen LogP contribution in [0.25, 0.3) is 10.9 Å². The number of benzene rings is 1. The van der Waals surface area contributed by atoms with Gasteiger partial charge in [0, 0.05) is 29.2 Å². The number of rotatable bonds is 3. The standard InChI is InChI=1S/C19H20FN3OS/c1-12-14(13-5-4-6-15(20)18(13)22-12)11-17(24)23-9-3-2-7-16(23)19-21-8-10-25-19/h4-6,8,10,16,22H,2-3,7,9,11H2,1H3/t16-/m1/s1. The SMILES string of the molecule is Cc1[nH]c2c(F)cccc2c1CC(=O)N1CCCC[C@@H]1c1nccs1. The van der Waals surface area contributed by atoms with Gasteiger partial charge in [0.15, 0.2) is 0 Å². The maximum absolute atomic E-state index is 14.0. The molecule has 1 N–H and O–H groups in total. The Morgan fingerprint density at radius 2 is 2.32 bits per heavy atom. The predicted molar refractivity (Wildman–Crippen MR) is 97.1 cm³/mol. The Bertz CT molecular complexity index is 903. The molecule has 0 spiro atoms. The lowest BCUT2D eigenvalue weighted by atomic mass is 10.0. The zero-order valence-corrected chi connectivity index (χ0v) is 14.9. The van der Waals surface area contributed by atoms with Crippen molar-refractivity contribution in [1.29, 1.82) is 0 Å². The fourth-order valence-electron chi connectivity index (χ4n) is 3.73. The van der Waals surface area contributed by atoms with Gasteiger partial charge in [0.2, 0.25) is 5.91 Å². The number of para-hydroxylation sites is 1. The van der Waals surface area contributed by atoms with Crippen LogP contribution < -0.4 is 0 Å². The second-order valence-corrected chi connectivity index (χ2v) is 7.46. The lowest BCUT2D eigenvalue weighted by Crippen LogP contribution is -2.39. The van der Waals surface area contributed by atoms with Gasteiger partial charge in [0.05, 0.1) is 18.0 Å². The smallest absolute Gasteiger partial charge is 0.227 e. The van der Waals surface area contributed by atoms with E-state index in [1.807, 2.05) is 23.3 Å². The number of fused-ring (bicyclic) bond motifs is 1. The number of nitrogens with zero attached hydrogens (tertiary/aromatic N) is 2. The molecule has 1 atom stereocenters. The van der Waals surface area contributed by atoms with E-state index in [0.29, 0.717) is 5.52 Å². The van der Waals surface area contributed by atoms with E-state index in [0.717, 1.165) is 47.5 Å². The van der Waals surface area contributed by atoms with Crippen molar-refractivity contribution < 1.29 is 9.18 Å². The fourth-order valence-corrected chi connectivity index (χ4v) is 4.52. The van der Waals surface area contributed by atoms with Crippen molar-refractivity contribution in [3.8, 4) is 0 Å². The highest BCUT2D eigenvalue weighted by molar-refractivity contribution is 7.09. The summed E-state index contributed by atoms with van der Waals surface area (Å²) < 4.78 is 14.0. The second-order valence-electron chi connectivity index (χ2n) is 6.54. The van der Waals surface area contributed by atoms with E-state index in [1.165, 1.54) is 6.07 Å². The molecule has 1 fully saturated rings. The lowest BCUT2D eigenvalue weighted by molar-refractivity contribution is -0.134. The molecule has 130 valence electrons. The number of thiazole rings is 1. The van der Waals surface area contributed by atoms with E-state index in [9.17, 15) is 9.18 Å². The molecule has 0 bridgehead atoms. The highest BCUT2D eigenvalue weighted by Crippen LogP contribution is 2.33. The molecule has 2 aromatic heterocycles. The number of aryl methyl sites for hydroxylation is 1. The molecule has 0 aliphatic carbocycles. The van der Waals surface area contributed by atoms with Gasteiger partial charge in [-0.05, 0) is 37.8 Å². The maximum Gasteiger partial charge on any atom is 0.227 e. The summed E-state index contributed by atoms with van der Waals surface area (Å²) in [6, 6.07) is 5.08. The number of likely N-dealkylation sites (tertiary alicyclic amines) is 1. The molecule has 1 amide bonds. The molecule has 1 aliphatic rings. The summed E-state index contributed by atoms with van der Waals surface area (Å²) >= 11 is 1.61. The van der Waals surface area contributed by atoms with Gasteiger partial charge < -0.3 is 9.88 Å². The van der Waals surface area contributed by atoms with Crippen molar-refractivity contribution in [3.63, 3.8) is 0 Å². The minimum Gasteiger partial charge on any atom is -0.356 e. The maximum atomic E-state index is 14.0. The summed E-state index contributed by atoms with van der Waals surface area (Å²) in [5.74, 6) is -0.189. The van der Waals surface area contributed by atoms with E-state index in [1.54, 1.807) is 23.6 Å². The predicted octanol–water partition coefficient (Wildman–Crippen LogP) is 4.37. The molecule has 1 aromatic carbocycles. The minimum atomic E-state index is -0.280. The van der Waals surface area contributed by atoms with Crippen molar-refractivity contribution in [2.24, 2.45) is 0 Å². The molecule has 0 saturated carbocycles. The number of H-pyrrole nitrogens is 1. The number of hydrogen-bond donors (Lipinski definition) is 1. The van der Waals surface area contributed by atoms with Crippen LogP contribution in [0.1, 0.15) is 41.6 Å². The van der Waals surface area contributed by atoms with E-state index >= 15 is 0 Å².